The number of fused-ring (bicyclic) bond motifs is 1. The Labute approximate surface area is 156 Å². The van der Waals surface area contributed by atoms with Crippen LogP contribution >= 0.6 is 23.1 Å². The molecule has 0 aliphatic heterocycles. The first kappa shape index (κ1) is 16.6. The molecule has 0 saturated heterocycles. The van der Waals surface area contributed by atoms with Gasteiger partial charge in [0, 0.05) is 0 Å². The van der Waals surface area contributed by atoms with E-state index in [1.807, 2.05) is 24.3 Å². The van der Waals surface area contributed by atoms with Crippen molar-refractivity contribution in [3.63, 3.8) is 0 Å². The summed E-state index contributed by atoms with van der Waals surface area (Å²) >= 11 is 2.64. The molecule has 4 aromatic rings. The summed E-state index contributed by atoms with van der Waals surface area (Å²) in [4.78, 5) is 16.9. The Kier molecular flexibility index (Phi) is 4.35. The lowest BCUT2D eigenvalue weighted by Gasteiger charge is -2.09. The van der Waals surface area contributed by atoms with Gasteiger partial charge in [-0.1, -0.05) is 35.2 Å². The molecule has 1 amide bonds. The van der Waals surface area contributed by atoms with E-state index in [-0.39, 0.29) is 5.91 Å². The smallest absolute Gasteiger partial charge is 0.239 e. The van der Waals surface area contributed by atoms with Crippen LogP contribution < -0.4 is 11.2 Å². The first-order valence-electron chi connectivity index (χ1n) is 7.69. The van der Waals surface area contributed by atoms with Crippen LogP contribution in [0.15, 0.2) is 52.2 Å². The van der Waals surface area contributed by atoms with Crippen LogP contribution in [0.1, 0.15) is 6.92 Å². The number of nitrogens with two attached hydrogens (primary N) is 1. The lowest BCUT2D eigenvalue weighted by atomic mass is 10.3. The highest BCUT2D eigenvalue weighted by Gasteiger charge is 2.21. The zero-order chi connectivity index (χ0) is 18.1. The standard InChI is InChI=1S/C16H14N6O2S2/c1-9(14(23)19-15-18-10-5-2-3-7-12(10)26-15)25-16-21-20-13(22(16)17)11-6-4-8-24-11/h2-9H,17H2,1H3,(H,18,19,23). The lowest BCUT2D eigenvalue weighted by molar-refractivity contribution is -0.115. The van der Waals surface area contributed by atoms with Gasteiger partial charge in [0.2, 0.25) is 16.9 Å². The molecule has 0 aliphatic rings. The van der Waals surface area contributed by atoms with Gasteiger partial charge >= 0.3 is 0 Å². The first-order chi connectivity index (χ1) is 12.6. The average molecular weight is 386 g/mol. The molecular formula is C16H14N6O2S2. The number of furan rings is 1. The zero-order valence-electron chi connectivity index (χ0n) is 13.6. The molecule has 3 aromatic heterocycles. The summed E-state index contributed by atoms with van der Waals surface area (Å²) in [5.74, 6) is 6.74. The molecule has 4 rings (SSSR count). The third-order valence-corrected chi connectivity index (χ3v) is 5.59. The van der Waals surface area contributed by atoms with Crippen LogP contribution in [0.5, 0.6) is 0 Å². The summed E-state index contributed by atoms with van der Waals surface area (Å²) in [6.45, 7) is 1.77. The topological polar surface area (TPSA) is 112 Å². The number of para-hydroxylation sites is 1. The molecule has 1 aromatic carbocycles. The van der Waals surface area contributed by atoms with Crippen molar-refractivity contribution in [1.82, 2.24) is 19.9 Å². The van der Waals surface area contributed by atoms with Crippen molar-refractivity contribution in [2.24, 2.45) is 0 Å². The van der Waals surface area contributed by atoms with Crippen LogP contribution in [0.3, 0.4) is 0 Å². The predicted molar refractivity (Wildman–Crippen MR) is 101 cm³/mol. The monoisotopic (exact) mass is 386 g/mol. The Hall–Kier alpha value is -2.85. The summed E-state index contributed by atoms with van der Waals surface area (Å²) in [7, 11) is 0. The number of nitrogen functional groups attached to an aromatic ring is 1. The number of aromatic nitrogens is 4. The number of carbonyl (C=O) groups is 1. The maximum Gasteiger partial charge on any atom is 0.239 e. The quantitative estimate of drug-likeness (QED) is 0.400. The molecule has 132 valence electrons. The maximum absolute atomic E-state index is 12.5. The van der Waals surface area contributed by atoms with Crippen LogP contribution in [0.25, 0.3) is 21.8 Å². The van der Waals surface area contributed by atoms with E-state index < -0.39 is 5.25 Å². The summed E-state index contributed by atoms with van der Waals surface area (Å²) in [5, 5.41) is 11.4. The van der Waals surface area contributed by atoms with Gasteiger partial charge in [-0.3, -0.25) is 4.79 Å². The number of rotatable bonds is 5. The molecule has 0 radical (unpaired) electrons. The average Bonchev–Trinajstić information content (AvgIpc) is 3.35. The van der Waals surface area contributed by atoms with Crippen molar-refractivity contribution >= 4 is 44.4 Å². The van der Waals surface area contributed by atoms with E-state index in [0.29, 0.717) is 21.9 Å². The molecule has 8 nitrogen and oxygen atoms in total. The molecule has 0 fully saturated rings. The summed E-state index contributed by atoms with van der Waals surface area (Å²) in [6, 6.07) is 11.2. The van der Waals surface area contributed by atoms with Gasteiger partial charge in [-0.15, -0.1) is 10.2 Å². The van der Waals surface area contributed by atoms with E-state index in [0.717, 1.165) is 10.2 Å². The van der Waals surface area contributed by atoms with Gasteiger partial charge in [-0.25, -0.2) is 9.66 Å². The number of hydrogen-bond acceptors (Lipinski definition) is 8. The lowest BCUT2D eigenvalue weighted by Crippen LogP contribution is -2.23. The molecule has 3 heterocycles. The Morgan fingerprint density at radius 1 is 1.31 bits per heavy atom. The summed E-state index contributed by atoms with van der Waals surface area (Å²) in [5.41, 5.74) is 0.859. The minimum absolute atomic E-state index is 0.184. The minimum Gasteiger partial charge on any atom is -0.461 e. The highest BCUT2D eigenvalue weighted by molar-refractivity contribution is 8.00. The number of amides is 1. The largest absolute Gasteiger partial charge is 0.461 e. The second kappa shape index (κ2) is 6.81. The predicted octanol–water partition coefficient (Wildman–Crippen LogP) is 2.98. The molecule has 10 heteroatoms. The normalized spacial score (nSPS) is 12.3. The number of hydrogen-bond donors (Lipinski definition) is 2. The van der Waals surface area contributed by atoms with Gasteiger partial charge in [-0.05, 0) is 31.2 Å². The number of thioether (sulfide) groups is 1. The second-order valence-electron chi connectivity index (χ2n) is 5.39. The summed E-state index contributed by atoms with van der Waals surface area (Å²) < 4.78 is 7.61. The van der Waals surface area contributed by atoms with Crippen LogP contribution in [0.2, 0.25) is 0 Å². The molecule has 0 aliphatic carbocycles. The van der Waals surface area contributed by atoms with Crippen molar-refractivity contribution in [2.45, 2.75) is 17.3 Å². The fourth-order valence-corrected chi connectivity index (χ4v) is 3.91. The number of nitrogens with zero attached hydrogens (tertiary/aromatic N) is 4. The van der Waals surface area contributed by atoms with E-state index in [1.54, 1.807) is 19.1 Å². The number of thiazole rings is 1. The van der Waals surface area contributed by atoms with Crippen molar-refractivity contribution in [3.05, 3.63) is 42.7 Å². The summed E-state index contributed by atoms with van der Waals surface area (Å²) in [6.07, 6.45) is 1.53. The highest BCUT2D eigenvalue weighted by Crippen LogP contribution is 2.28. The molecule has 0 bridgehead atoms. The SMILES string of the molecule is CC(Sc1nnc(-c2ccco2)n1N)C(=O)Nc1nc2ccccc2s1. The maximum atomic E-state index is 12.5. The Morgan fingerprint density at radius 2 is 2.15 bits per heavy atom. The molecular weight excluding hydrogens is 372 g/mol. The molecule has 0 saturated carbocycles. The van der Waals surface area contributed by atoms with E-state index in [4.69, 9.17) is 10.3 Å². The van der Waals surface area contributed by atoms with E-state index in [1.165, 1.54) is 34.0 Å². The number of carbonyl (C=O) groups excluding carboxylic acids is 1. The van der Waals surface area contributed by atoms with Gasteiger partial charge in [0.1, 0.15) is 0 Å². The van der Waals surface area contributed by atoms with Gasteiger partial charge in [-0.2, -0.15) is 0 Å². The molecule has 1 atom stereocenters. The van der Waals surface area contributed by atoms with E-state index in [9.17, 15) is 4.79 Å². The van der Waals surface area contributed by atoms with Crippen molar-refractivity contribution in [1.29, 1.82) is 0 Å². The van der Waals surface area contributed by atoms with Crippen molar-refractivity contribution in [3.8, 4) is 11.6 Å². The highest BCUT2D eigenvalue weighted by atomic mass is 32.2. The van der Waals surface area contributed by atoms with Crippen molar-refractivity contribution < 1.29 is 9.21 Å². The van der Waals surface area contributed by atoms with Crippen LogP contribution in [-0.4, -0.2) is 31.0 Å². The third-order valence-electron chi connectivity index (χ3n) is 3.58. The fourth-order valence-electron chi connectivity index (χ4n) is 2.28. The van der Waals surface area contributed by atoms with E-state index in [2.05, 4.69) is 20.5 Å². The molecule has 0 spiro atoms. The molecule has 1 unspecified atom stereocenters. The first-order valence-corrected chi connectivity index (χ1v) is 9.39. The van der Waals surface area contributed by atoms with Crippen LogP contribution in [-0.2, 0) is 4.79 Å². The molecule has 3 N–H and O–H groups in total. The van der Waals surface area contributed by atoms with E-state index >= 15 is 0 Å². The second-order valence-corrected chi connectivity index (χ2v) is 7.73. The van der Waals surface area contributed by atoms with Gasteiger partial charge in [0.15, 0.2) is 10.9 Å². The fraction of sp³-hybridized carbons (Fsp3) is 0.125. The number of anilines is 1. The Balaban J connectivity index is 1.46. The minimum atomic E-state index is -0.432. The van der Waals surface area contributed by atoms with Crippen LogP contribution in [0.4, 0.5) is 5.13 Å². The Bertz CT molecular complexity index is 1020. The van der Waals surface area contributed by atoms with Crippen molar-refractivity contribution in [2.75, 3.05) is 11.2 Å². The van der Waals surface area contributed by atoms with Gasteiger partial charge in [0.25, 0.3) is 0 Å². The Morgan fingerprint density at radius 3 is 2.92 bits per heavy atom. The third kappa shape index (κ3) is 3.16. The number of nitrogens with one attached hydrogen (secondary N) is 1. The molecule has 26 heavy (non-hydrogen) atoms. The van der Waals surface area contributed by atoms with Gasteiger partial charge in [0.05, 0.1) is 21.7 Å². The zero-order valence-corrected chi connectivity index (χ0v) is 15.3. The van der Waals surface area contributed by atoms with Gasteiger partial charge < -0.3 is 15.6 Å². The van der Waals surface area contributed by atoms with Crippen LogP contribution in [0, 0.1) is 0 Å². The number of benzene rings is 1.